The summed E-state index contributed by atoms with van der Waals surface area (Å²) in [5.41, 5.74) is 6.11. The SMILES string of the molecule is Cc1ccc(N=C2S[C@H](CC(=O)Nc3cccc(C)c3C)C(=O)N2C)cc1C. The summed E-state index contributed by atoms with van der Waals surface area (Å²) in [6.07, 6.45) is 0.118. The lowest BCUT2D eigenvalue weighted by atomic mass is 10.1. The Bertz CT molecular complexity index is 968. The molecule has 2 aromatic rings. The maximum Gasteiger partial charge on any atom is 0.242 e. The second-order valence-corrected chi connectivity index (χ2v) is 8.34. The number of benzene rings is 2. The summed E-state index contributed by atoms with van der Waals surface area (Å²) in [4.78, 5) is 31.2. The van der Waals surface area contributed by atoms with Crippen LogP contribution in [0.1, 0.15) is 28.7 Å². The van der Waals surface area contributed by atoms with Crippen LogP contribution in [-0.2, 0) is 9.59 Å². The summed E-state index contributed by atoms with van der Waals surface area (Å²) in [6.45, 7) is 8.07. The van der Waals surface area contributed by atoms with E-state index in [1.165, 1.54) is 22.2 Å². The van der Waals surface area contributed by atoms with E-state index in [1.54, 1.807) is 7.05 Å². The number of hydrogen-bond acceptors (Lipinski definition) is 4. The molecule has 6 heteroatoms. The molecule has 1 heterocycles. The van der Waals surface area contributed by atoms with Gasteiger partial charge in [0, 0.05) is 19.2 Å². The van der Waals surface area contributed by atoms with Crippen molar-refractivity contribution in [3.63, 3.8) is 0 Å². The molecule has 1 fully saturated rings. The van der Waals surface area contributed by atoms with E-state index >= 15 is 0 Å². The molecule has 3 rings (SSSR count). The zero-order chi connectivity index (χ0) is 20.4. The zero-order valence-corrected chi connectivity index (χ0v) is 17.7. The van der Waals surface area contributed by atoms with Crippen molar-refractivity contribution in [2.45, 2.75) is 39.4 Å². The van der Waals surface area contributed by atoms with E-state index in [9.17, 15) is 9.59 Å². The predicted octanol–water partition coefficient (Wildman–Crippen LogP) is 4.51. The van der Waals surface area contributed by atoms with Gasteiger partial charge in [-0.15, -0.1) is 0 Å². The second-order valence-electron chi connectivity index (χ2n) is 7.17. The average molecular weight is 396 g/mol. The molecule has 1 aliphatic rings. The minimum atomic E-state index is -0.458. The lowest BCUT2D eigenvalue weighted by Crippen LogP contribution is -2.30. The van der Waals surface area contributed by atoms with Crippen molar-refractivity contribution >= 4 is 40.1 Å². The Morgan fingerprint density at radius 3 is 2.57 bits per heavy atom. The monoisotopic (exact) mass is 395 g/mol. The topological polar surface area (TPSA) is 61.8 Å². The highest BCUT2D eigenvalue weighted by Crippen LogP contribution is 2.31. The molecule has 2 aromatic carbocycles. The molecule has 0 bridgehead atoms. The van der Waals surface area contributed by atoms with Crippen molar-refractivity contribution in [3.05, 3.63) is 58.7 Å². The fourth-order valence-corrected chi connectivity index (χ4v) is 4.11. The maximum atomic E-state index is 12.6. The van der Waals surface area contributed by atoms with Crippen LogP contribution in [0.2, 0.25) is 0 Å². The molecule has 0 spiro atoms. The summed E-state index contributed by atoms with van der Waals surface area (Å²) >= 11 is 1.34. The summed E-state index contributed by atoms with van der Waals surface area (Å²) in [5, 5.41) is 3.09. The number of amides is 2. The zero-order valence-electron chi connectivity index (χ0n) is 16.9. The first-order valence-corrected chi connectivity index (χ1v) is 10.1. The summed E-state index contributed by atoms with van der Waals surface area (Å²) in [6, 6.07) is 11.8. The Hall–Kier alpha value is -2.60. The van der Waals surface area contributed by atoms with Gasteiger partial charge >= 0.3 is 0 Å². The first-order valence-electron chi connectivity index (χ1n) is 9.22. The first-order chi connectivity index (χ1) is 13.3. The largest absolute Gasteiger partial charge is 0.326 e. The van der Waals surface area contributed by atoms with Crippen molar-refractivity contribution < 1.29 is 9.59 Å². The van der Waals surface area contributed by atoms with Gasteiger partial charge in [-0.3, -0.25) is 14.5 Å². The third kappa shape index (κ3) is 4.28. The minimum absolute atomic E-state index is 0.0938. The highest BCUT2D eigenvalue weighted by Gasteiger charge is 2.37. The first kappa shape index (κ1) is 20.1. The van der Waals surface area contributed by atoms with Crippen molar-refractivity contribution in [2.24, 2.45) is 4.99 Å². The average Bonchev–Trinajstić information content (AvgIpc) is 2.90. The van der Waals surface area contributed by atoms with Crippen LogP contribution in [0.15, 0.2) is 41.4 Å². The number of anilines is 1. The summed E-state index contributed by atoms with van der Waals surface area (Å²) in [7, 11) is 1.71. The number of carbonyl (C=O) groups is 2. The second kappa shape index (κ2) is 8.19. The Morgan fingerprint density at radius 2 is 1.86 bits per heavy atom. The van der Waals surface area contributed by atoms with Crippen LogP contribution in [0, 0.1) is 27.7 Å². The van der Waals surface area contributed by atoms with Crippen LogP contribution in [0.25, 0.3) is 0 Å². The summed E-state index contributed by atoms with van der Waals surface area (Å²) in [5.74, 6) is -0.260. The number of hydrogen-bond donors (Lipinski definition) is 1. The number of nitrogens with zero attached hydrogens (tertiary/aromatic N) is 2. The Labute approximate surface area is 170 Å². The molecule has 1 atom stereocenters. The molecule has 0 saturated carbocycles. The van der Waals surface area contributed by atoms with Gasteiger partial charge in [0.2, 0.25) is 11.8 Å². The molecule has 0 aliphatic carbocycles. The van der Waals surface area contributed by atoms with Gasteiger partial charge in [0.1, 0.15) is 5.25 Å². The van der Waals surface area contributed by atoms with Crippen LogP contribution in [-0.4, -0.2) is 34.2 Å². The molecule has 2 amide bonds. The lowest BCUT2D eigenvalue weighted by Gasteiger charge is -2.12. The highest BCUT2D eigenvalue weighted by atomic mass is 32.2. The molecule has 1 aliphatic heterocycles. The number of carbonyl (C=O) groups excluding carboxylic acids is 2. The van der Waals surface area contributed by atoms with E-state index in [2.05, 4.69) is 17.2 Å². The van der Waals surface area contributed by atoms with E-state index in [4.69, 9.17) is 0 Å². The van der Waals surface area contributed by atoms with Gasteiger partial charge in [-0.25, -0.2) is 4.99 Å². The quantitative estimate of drug-likeness (QED) is 0.828. The molecule has 1 N–H and O–H groups in total. The normalized spacial score (nSPS) is 18.0. The van der Waals surface area contributed by atoms with Crippen LogP contribution in [0.4, 0.5) is 11.4 Å². The van der Waals surface area contributed by atoms with E-state index < -0.39 is 5.25 Å². The highest BCUT2D eigenvalue weighted by molar-refractivity contribution is 8.15. The van der Waals surface area contributed by atoms with Gasteiger partial charge in [-0.05, 0) is 68.1 Å². The van der Waals surface area contributed by atoms with Gasteiger partial charge in [-0.1, -0.05) is 30.0 Å². The molecule has 0 radical (unpaired) electrons. The molecule has 146 valence electrons. The number of aryl methyl sites for hydroxylation is 3. The lowest BCUT2D eigenvalue weighted by molar-refractivity contribution is -0.127. The van der Waals surface area contributed by atoms with Gasteiger partial charge in [0.05, 0.1) is 5.69 Å². The van der Waals surface area contributed by atoms with E-state index in [-0.39, 0.29) is 18.2 Å². The molecular weight excluding hydrogens is 370 g/mol. The summed E-state index contributed by atoms with van der Waals surface area (Å²) < 4.78 is 0. The Balaban J connectivity index is 1.70. The van der Waals surface area contributed by atoms with Crippen LogP contribution in [0.3, 0.4) is 0 Å². The Kier molecular flexibility index (Phi) is 5.89. The number of aliphatic imine (C=N–C) groups is 1. The van der Waals surface area contributed by atoms with E-state index in [0.717, 1.165) is 28.1 Å². The molecule has 28 heavy (non-hydrogen) atoms. The fourth-order valence-electron chi connectivity index (χ4n) is 2.96. The number of thioether (sulfide) groups is 1. The number of nitrogens with one attached hydrogen (secondary N) is 1. The van der Waals surface area contributed by atoms with Crippen molar-refractivity contribution in [3.8, 4) is 0 Å². The molecule has 0 aromatic heterocycles. The van der Waals surface area contributed by atoms with Gasteiger partial charge in [-0.2, -0.15) is 0 Å². The Morgan fingerprint density at radius 1 is 1.11 bits per heavy atom. The van der Waals surface area contributed by atoms with Crippen LogP contribution < -0.4 is 5.32 Å². The van der Waals surface area contributed by atoms with Gasteiger partial charge < -0.3 is 5.32 Å². The number of amidine groups is 1. The van der Waals surface area contributed by atoms with Crippen LogP contribution in [0.5, 0.6) is 0 Å². The van der Waals surface area contributed by atoms with Crippen LogP contribution >= 0.6 is 11.8 Å². The molecule has 1 saturated heterocycles. The van der Waals surface area contributed by atoms with Crippen molar-refractivity contribution in [1.29, 1.82) is 0 Å². The molecular formula is C22H25N3O2S. The van der Waals surface area contributed by atoms with Crippen molar-refractivity contribution in [2.75, 3.05) is 12.4 Å². The fraction of sp³-hybridized carbons (Fsp3) is 0.318. The van der Waals surface area contributed by atoms with E-state index in [1.807, 2.05) is 57.2 Å². The predicted molar refractivity (Wildman–Crippen MR) is 116 cm³/mol. The third-order valence-electron chi connectivity index (χ3n) is 5.11. The molecule has 0 unspecified atom stereocenters. The van der Waals surface area contributed by atoms with Gasteiger partial charge in [0.25, 0.3) is 0 Å². The maximum absolute atomic E-state index is 12.6. The molecule has 5 nitrogen and oxygen atoms in total. The van der Waals surface area contributed by atoms with E-state index in [0.29, 0.717) is 5.17 Å². The third-order valence-corrected chi connectivity index (χ3v) is 6.33. The van der Waals surface area contributed by atoms with Gasteiger partial charge in [0.15, 0.2) is 5.17 Å². The smallest absolute Gasteiger partial charge is 0.242 e. The standard InChI is InChI=1S/C22H25N3O2S/c1-13-9-10-17(11-15(13)3)23-22-25(5)21(27)19(28-22)12-20(26)24-18-8-6-7-14(2)16(18)4/h6-11,19H,12H2,1-5H3,(H,24,26)/t19-/m1/s1. The minimum Gasteiger partial charge on any atom is -0.326 e. The number of rotatable bonds is 4. The van der Waals surface area contributed by atoms with Crippen molar-refractivity contribution in [1.82, 2.24) is 4.90 Å².